The van der Waals surface area contributed by atoms with E-state index < -0.39 is 47.7 Å². The SMILES string of the molecule is CCS[C@@H]1O[C@@H]([C@@H](COC(C)=O)OC(C)=O)[C@@H](OC(C)=O)[C@@H]1NC(C)=O. The van der Waals surface area contributed by atoms with E-state index in [0.717, 1.165) is 0 Å². The Kier molecular flexibility index (Phi) is 8.86. The molecule has 0 aromatic heterocycles. The van der Waals surface area contributed by atoms with Gasteiger partial charge in [-0.3, -0.25) is 19.2 Å². The summed E-state index contributed by atoms with van der Waals surface area (Å²) in [6.07, 6.45) is -2.79. The zero-order valence-electron chi connectivity index (χ0n) is 15.5. The number of ether oxygens (including phenoxy) is 4. The average molecular weight is 391 g/mol. The third-order valence-electron chi connectivity index (χ3n) is 3.40. The maximum Gasteiger partial charge on any atom is 0.303 e. The van der Waals surface area contributed by atoms with Gasteiger partial charge in [0.1, 0.15) is 24.2 Å². The van der Waals surface area contributed by atoms with Gasteiger partial charge in [-0.25, -0.2) is 0 Å². The number of esters is 3. The van der Waals surface area contributed by atoms with Gasteiger partial charge in [-0.15, -0.1) is 11.8 Å². The van der Waals surface area contributed by atoms with Gasteiger partial charge in [0.05, 0.1) is 0 Å². The van der Waals surface area contributed by atoms with Gasteiger partial charge < -0.3 is 24.3 Å². The Hall–Kier alpha value is -1.81. The fraction of sp³-hybridized carbons (Fsp3) is 0.750. The Labute approximate surface area is 156 Å². The summed E-state index contributed by atoms with van der Waals surface area (Å²) < 4.78 is 21.5. The number of hydrogen-bond donors (Lipinski definition) is 1. The maximum absolute atomic E-state index is 11.6. The molecule has 0 aliphatic carbocycles. The Balaban J connectivity index is 3.13. The second-order valence-corrected chi connectivity index (χ2v) is 7.05. The molecule has 148 valence electrons. The molecule has 0 aromatic carbocycles. The molecule has 1 amide bonds. The summed E-state index contributed by atoms with van der Waals surface area (Å²) >= 11 is 1.41. The standard InChI is InChI=1S/C16H25NO8S/c1-6-26-16-13(17-8(2)18)15(24-11(5)21)14(25-16)12(23-10(4)20)7-22-9(3)19/h12-16H,6-7H2,1-5H3,(H,17,18)/t12-,13+,14+,15+,16+/m1/s1. The van der Waals surface area contributed by atoms with Gasteiger partial charge in [0.15, 0.2) is 12.2 Å². The van der Waals surface area contributed by atoms with Crippen LogP contribution in [0.1, 0.15) is 34.6 Å². The molecule has 26 heavy (non-hydrogen) atoms. The van der Waals surface area contributed by atoms with Crippen LogP contribution in [0.25, 0.3) is 0 Å². The molecule has 5 atom stereocenters. The molecule has 1 N–H and O–H groups in total. The van der Waals surface area contributed by atoms with Crippen molar-refractivity contribution < 1.29 is 38.1 Å². The molecule has 0 bridgehead atoms. The monoisotopic (exact) mass is 391 g/mol. The lowest BCUT2D eigenvalue weighted by Gasteiger charge is -2.28. The lowest BCUT2D eigenvalue weighted by atomic mass is 10.0. The minimum absolute atomic E-state index is 0.256. The molecular weight excluding hydrogens is 366 g/mol. The highest BCUT2D eigenvalue weighted by molar-refractivity contribution is 7.99. The van der Waals surface area contributed by atoms with Crippen LogP contribution in [0.5, 0.6) is 0 Å². The molecule has 0 unspecified atom stereocenters. The lowest BCUT2D eigenvalue weighted by Crippen LogP contribution is -2.51. The van der Waals surface area contributed by atoms with Crippen molar-refractivity contribution in [1.82, 2.24) is 5.32 Å². The zero-order chi connectivity index (χ0) is 19.9. The highest BCUT2D eigenvalue weighted by atomic mass is 32.2. The van der Waals surface area contributed by atoms with Crippen molar-refractivity contribution in [3.8, 4) is 0 Å². The highest BCUT2D eigenvalue weighted by Crippen LogP contribution is 2.34. The first-order valence-electron chi connectivity index (χ1n) is 8.17. The summed E-state index contributed by atoms with van der Waals surface area (Å²) in [7, 11) is 0. The highest BCUT2D eigenvalue weighted by Gasteiger charge is 2.51. The molecule has 1 saturated heterocycles. The van der Waals surface area contributed by atoms with E-state index >= 15 is 0 Å². The molecule has 1 rings (SSSR count). The lowest BCUT2D eigenvalue weighted by molar-refractivity contribution is -0.173. The van der Waals surface area contributed by atoms with E-state index in [1.54, 1.807) is 0 Å². The van der Waals surface area contributed by atoms with Crippen LogP contribution in [0.15, 0.2) is 0 Å². The molecule has 1 fully saturated rings. The largest absolute Gasteiger partial charge is 0.462 e. The van der Waals surface area contributed by atoms with E-state index in [4.69, 9.17) is 18.9 Å². The van der Waals surface area contributed by atoms with Crippen LogP contribution in [-0.2, 0) is 38.1 Å². The van der Waals surface area contributed by atoms with Crippen LogP contribution in [0, 0.1) is 0 Å². The third kappa shape index (κ3) is 6.83. The summed E-state index contributed by atoms with van der Waals surface area (Å²) in [5, 5.41) is 2.72. The van der Waals surface area contributed by atoms with Crippen molar-refractivity contribution in [2.75, 3.05) is 12.4 Å². The molecule has 0 saturated carbocycles. The number of amides is 1. The second-order valence-electron chi connectivity index (χ2n) is 5.68. The summed E-state index contributed by atoms with van der Waals surface area (Å²) in [6.45, 7) is 6.66. The summed E-state index contributed by atoms with van der Waals surface area (Å²) in [5.74, 6) is -1.36. The first-order chi connectivity index (χ1) is 12.1. The molecule has 0 aromatic rings. The number of nitrogens with one attached hydrogen (secondary N) is 1. The molecule has 1 heterocycles. The number of hydrogen-bond acceptors (Lipinski definition) is 9. The first kappa shape index (κ1) is 22.2. The number of carbonyl (C=O) groups is 4. The van der Waals surface area contributed by atoms with Crippen molar-refractivity contribution in [3.63, 3.8) is 0 Å². The number of thioether (sulfide) groups is 1. The van der Waals surface area contributed by atoms with Crippen LogP contribution in [-0.4, -0.2) is 66.0 Å². The maximum atomic E-state index is 11.6. The molecular formula is C16H25NO8S. The van der Waals surface area contributed by atoms with Gasteiger partial charge in [-0.2, -0.15) is 0 Å². The molecule has 0 spiro atoms. The first-order valence-corrected chi connectivity index (χ1v) is 9.22. The van der Waals surface area contributed by atoms with Gasteiger partial charge >= 0.3 is 17.9 Å². The molecule has 9 nitrogen and oxygen atoms in total. The Morgan fingerprint density at radius 2 is 1.73 bits per heavy atom. The van der Waals surface area contributed by atoms with Gasteiger partial charge in [0.2, 0.25) is 5.91 Å². The minimum Gasteiger partial charge on any atom is -0.462 e. The Bertz CT molecular complexity index is 540. The number of carbonyl (C=O) groups excluding carboxylic acids is 4. The topological polar surface area (TPSA) is 117 Å². The van der Waals surface area contributed by atoms with E-state index in [-0.39, 0.29) is 12.5 Å². The van der Waals surface area contributed by atoms with E-state index in [9.17, 15) is 19.2 Å². The number of rotatable bonds is 8. The molecule has 1 aliphatic rings. The van der Waals surface area contributed by atoms with Gasteiger partial charge in [0.25, 0.3) is 0 Å². The Morgan fingerprint density at radius 1 is 1.08 bits per heavy atom. The minimum atomic E-state index is -0.987. The zero-order valence-corrected chi connectivity index (χ0v) is 16.3. The normalized spacial score (nSPS) is 25.9. The molecule has 0 radical (unpaired) electrons. The van der Waals surface area contributed by atoms with Crippen molar-refractivity contribution in [2.24, 2.45) is 0 Å². The fourth-order valence-corrected chi connectivity index (χ4v) is 3.57. The average Bonchev–Trinajstić information content (AvgIpc) is 2.80. The van der Waals surface area contributed by atoms with Crippen molar-refractivity contribution in [3.05, 3.63) is 0 Å². The van der Waals surface area contributed by atoms with Crippen molar-refractivity contribution in [2.45, 2.75) is 64.4 Å². The summed E-state index contributed by atoms with van der Waals surface area (Å²) in [5.41, 5.74) is -0.520. The van der Waals surface area contributed by atoms with E-state index in [1.807, 2.05) is 6.92 Å². The predicted molar refractivity (Wildman–Crippen MR) is 92.1 cm³/mol. The third-order valence-corrected chi connectivity index (χ3v) is 4.47. The van der Waals surface area contributed by atoms with Crippen LogP contribution in [0.4, 0.5) is 0 Å². The van der Waals surface area contributed by atoms with Gasteiger partial charge in [-0.05, 0) is 5.75 Å². The predicted octanol–water partition coefficient (Wildman–Crippen LogP) is 0.396. The van der Waals surface area contributed by atoms with E-state index in [2.05, 4.69) is 5.32 Å². The Morgan fingerprint density at radius 3 is 2.19 bits per heavy atom. The van der Waals surface area contributed by atoms with Crippen LogP contribution < -0.4 is 5.32 Å². The molecule has 1 aliphatic heterocycles. The van der Waals surface area contributed by atoms with Crippen LogP contribution in [0.2, 0.25) is 0 Å². The second kappa shape index (κ2) is 10.4. The fourth-order valence-electron chi connectivity index (χ4n) is 2.61. The smallest absolute Gasteiger partial charge is 0.303 e. The quantitative estimate of drug-likeness (QED) is 0.463. The van der Waals surface area contributed by atoms with E-state index in [1.165, 1.54) is 39.5 Å². The van der Waals surface area contributed by atoms with Crippen LogP contribution in [0.3, 0.4) is 0 Å². The van der Waals surface area contributed by atoms with Crippen molar-refractivity contribution in [1.29, 1.82) is 0 Å². The summed E-state index contributed by atoms with van der Waals surface area (Å²) in [6, 6.07) is -0.637. The molecule has 10 heteroatoms. The van der Waals surface area contributed by atoms with Gasteiger partial charge in [0, 0.05) is 27.7 Å². The van der Waals surface area contributed by atoms with E-state index in [0.29, 0.717) is 5.75 Å². The summed E-state index contributed by atoms with van der Waals surface area (Å²) in [4.78, 5) is 45.7. The van der Waals surface area contributed by atoms with Crippen LogP contribution >= 0.6 is 11.8 Å². The van der Waals surface area contributed by atoms with Crippen molar-refractivity contribution >= 4 is 35.6 Å². The van der Waals surface area contributed by atoms with Gasteiger partial charge in [-0.1, -0.05) is 6.92 Å².